The number of methoxy groups -OCH3 is 1. The quantitative estimate of drug-likeness (QED) is 0.858. The summed E-state index contributed by atoms with van der Waals surface area (Å²) < 4.78 is 5.14. The van der Waals surface area contributed by atoms with E-state index in [9.17, 15) is 4.79 Å². The second-order valence-electron chi connectivity index (χ2n) is 5.38. The Balaban J connectivity index is 3.41. The second kappa shape index (κ2) is 6.66. The van der Waals surface area contributed by atoms with Crippen molar-refractivity contribution in [1.29, 1.82) is 0 Å². The van der Waals surface area contributed by atoms with E-state index in [1.807, 2.05) is 19.9 Å². The highest BCUT2D eigenvalue weighted by Gasteiger charge is 2.19. The number of hydrogen-bond acceptors (Lipinski definition) is 3. The minimum Gasteiger partial charge on any atom is -0.481 e. The molecule has 0 aromatic carbocycles. The van der Waals surface area contributed by atoms with Gasteiger partial charge in [0.05, 0.1) is 18.7 Å². The molecular formula is C15H23NO3. The number of aliphatic carboxylic acids is 1. The van der Waals surface area contributed by atoms with Crippen LogP contribution in [0.15, 0.2) is 6.07 Å². The molecule has 0 atom stereocenters. The summed E-state index contributed by atoms with van der Waals surface area (Å²) in [4.78, 5) is 15.6. The number of carbonyl (C=O) groups is 1. The Kier molecular flexibility index (Phi) is 5.48. The molecule has 1 heterocycles. The summed E-state index contributed by atoms with van der Waals surface area (Å²) in [7, 11) is 1.64. The third-order valence-electron chi connectivity index (χ3n) is 3.03. The predicted octanol–water partition coefficient (Wildman–Crippen LogP) is 3.10. The van der Waals surface area contributed by atoms with Gasteiger partial charge >= 0.3 is 5.97 Å². The van der Waals surface area contributed by atoms with Crippen molar-refractivity contribution in [1.82, 2.24) is 4.98 Å². The lowest BCUT2D eigenvalue weighted by Crippen LogP contribution is -2.13. The number of nitrogens with zero attached hydrogens (tertiary/aromatic N) is 1. The van der Waals surface area contributed by atoms with Crippen LogP contribution in [0, 0.1) is 0 Å². The first-order valence-electron chi connectivity index (χ1n) is 6.60. The number of carboxylic acids is 1. The van der Waals surface area contributed by atoms with E-state index >= 15 is 0 Å². The van der Waals surface area contributed by atoms with Crippen LogP contribution in [-0.2, 0) is 22.6 Å². The Hall–Kier alpha value is -1.42. The maximum atomic E-state index is 11.1. The summed E-state index contributed by atoms with van der Waals surface area (Å²) in [6.45, 7) is 8.66. The Labute approximate surface area is 114 Å². The molecule has 19 heavy (non-hydrogen) atoms. The van der Waals surface area contributed by atoms with Crippen LogP contribution < -0.4 is 0 Å². The smallest absolute Gasteiger partial charge is 0.307 e. The molecule has 0 aliphatic carbocycles. The van der Waals surface area contributed by atoms with Gasteiger partial charge in [-0.2, -0.15) is 0 Å². The second-order valence-corrected chi connectivity index (χ2v) is 5.38. The maximum Gasteiger partial charge on any atom is 0.307 e. The van der Waals surface area contributed by atoms with Crippen molar-refractivity contribution in [2.45, 2.75) is 52.6 Å². The van der Waals surface area contributed by atoms with Gasteiger partial charge in [-0.25, -0.2) is 0 Å². The van der Waals surface area contributed by atoms with Gasteiger partial charge in [0.25, 0.3) is 0 Å². The van der Waals surface area contributed by atoms with Crippen LogP contribution in [0.25, 0.3) is 0 Å². The van der Waals surface area contributed by atoms with Crippen LogP contribution in [0.5, 0.6) is 0 Å². The van der Waals surface area contributed by atoms with Gasteiger partial charge in [0.2, 0.25) is 0 Å². The number of aromatic nitrogens is 1. The topological polar surface area (TPSA) is 59.4 Å². The average molecular weight is 265 g/mol. The fraction of sp³-hybridized carbons (Fsp3) is 0.600. The van der Waals surface area contributed by atoms with Gasteiger partial charge in [-0.15, -0.1) is 0 Å². The zero-order valence-electron chi connectivity index (χ0n) is 12.4. The molecule has 0 aliphatic rings. The molecule has 0 aliphatic heterocycles. The molecule has 0 saturated heterocycles. The van der Waals surface area contributed by atoms with Crippen molar-refractivity contribution < 1.29 is 14.6 Å². The molecule has 0 spiro atoms. The molecule has 0 bridgehead atoms. The van der Waals surface area contributed by atoms with Gasteiger partial charge in [0.1, 0.15) is 0 Å². The minimum atomic E-state index is -0.815. The summed E-state index contributed by atoms with van der Waals surface area (Å²) in [6.07, 6.45) is 0.0291. The lowest BCUT2D eigenvalue weighted by Gasteiger charge is -2.19. The average Bonchev–Trinajstić information content (AvgIpc) is 2.29. The summed E-state index contributed by atoms with van der Waals surface area (Å²) in [5.41, 5.74) is 3.66. The van der Waals surface area contributed by atoms with Gasteiger partial charge < -0.3 is 9.84 Å². The van der Waals surface area contributed by atoms with Crippen LogP contribution in [-0.4, -0.2) is 23.2 Å². The van der Waals surface area contributed by atoms with Crippen LogP contribution in [0.2, 0.25) is 0 Å². The molecule has 0 fully saturated rings. The van der Waals surface area contributed by atoms with E-state index in [-0.39, 0.29) is 18.3 Å². The molecule has 0 unspecified atom stereocenters. The van der Waals surface area contributed by atoms with Gasteiger partial charge in [-0.1, -0.05) is 27.7 Å². The van der Waals surface area contributed by atoms with Crippen molar-refractivity contribution in [2.24, 2.45) is 0 Å². The fourth-order valence-corrected chi connectivity index (χ4v) is 2.23. The molecular weight excluding hydrogens is 242 g/mol. The number of rotatable bonds is 6. The first-order chi connectivity index (χ1) is 8.86. The highest BCUT2D eigenvalue weighted by Crippen LogP contribution is 2.28. The van der Waals surface area contributed by atoms with E-state index in [1.165, 1.54) is 0 Å². The number of ether oxygens (including phenoxy) is 1. The van der Waals surface area contributed by atoms with E-state index in [4.69, 9.17) is 9.84 Å². The minimum absolute atomic E-state index is 0.0291. The lowest BCUT2D eigenvalue weighted by atomic mass is 9.90. The molecule has 1 aromatic heterocycles. The molecule has 1 N–H and O–H groups in total. The maximum absolute atomic E-state index is 11.1. The number of hydrogen-bond donors (Lipinski definition) is 1. The molecule has 4 nitrogen and oxygen atoms in total. The molecule has 106 valence electrons. The van der Waals surface area contributed by atoms with Gasteiger partial charge in [-0.05, 0) is 29.0 Å². The molecule has 0 amide bonds. The first kappa shape index (κ1) is 15.6. The summed E-state index contributed by atoms with van der Waals surface area (Å²) in [5, 5.41) is 9.10. The fourth-order valence-electron chi connectivity index (χ4n) is 2.23. The largest absolute Gasteiger partial charge is 0.481 e. The van der Waals surface area contributed by atoms with Crippen LogP contribution in [0.4, 0.5) is 0 Å². The summed E-state index contributed by atoms with van der Waals surface area (Å²) in [5.74, 6) is -0.348. The lowest BCUT2D eigenvalue weighted by molar-refractivity contribution is -0.136. The van der Waals surface area contributed by atoms with Crippen molar-refractivity contribution in [2.75, 3.05) is 7.11 Å². The van der Waals surface area contributed by atoms with Gasteiger partial charge in [0.15, 0.2) is 0 Å². The molecule has 0 saturated carbocycles. The van der Waals surface area contributed by atoms with E-state index in [1.54, 1.807) is 7.11 Å². The molecule has 4 heteroatoms. The third kappa shape index (κ3) is 4.03. The van der Waals surface area contributed by atoms with Crippen molar-refractivity contribution >= 4 is 5.97 Å². The van der Waals surface area contributed by atoms with Crippen molar-refractivity contribution in [3.8, 4) is 0 Å². The Morgan fingerprint density at radius 2 is 1.95 bits per heavy atom. The first-order valence-corrected chi connectivity index (χ1v) is 6.60. The standard InChI is InChI=1S/C15H23NO3/c1-9(2)12-6-11(8-19-5)16-15(10(3)4)13(12)7-14(17)18/h6,9-10H,7-8H2,1-5H3,(H,17,18). The van der Waals surface area contributed by atoms with Gasteiger partial charge in [0, 0.05) is 12.8 Å². The van der Waals surface area contributed by atoms with Gasteiger partial charge in [-0.3, -0.25) is 9.78 Å². The molecule has 1 aromatic rings. The molecule has 0 radical (unpaired) electrons. The Morgan fingerprint density at radius 1 is 1.32 bits per heavy atom. The summed E-state index contributed by atoms with van der Waals surface area (Å²) in [6, 6.07) is 1.97. The van der Waals surface area contributed by atoms with E-state index in [2.05, 4.69) is 18.8 Å². The monoisotopic (exact) mass is 265 g/mol. The predicted molar refractivity (Wildman–Crippen MR) is 74.5 cm³/mol. The van der Waals surface area contributed by atoms with Crippen LogP contribution >= 0.6 is 0 Å². The van der Waals surface area contributed by atoms with Crippen LogP contribution in [0.3, 0.4) is 0 Å². The third-order valence-corrected chi connectivity index (χ3v) is 3.03. The highest BCUT2D eigenvalue weighted by molar-refractivity contribution is 5.71. The Morgan fingerprint density at radius 3 is 2.37 bits per heavy atom. The van der Waals surface area contributed by atoms with E-state index < -0.39 is 5.97 Å². The van der Waals surface area contributed by atoms with E-state index in [0.29, 0.717) is 6.61 Å². The highest BCUT2D eigenvalue weighted by atomic mass is 16.5. The Bertz CT molecular complexity index is 424. The number of carboxylic acid groups (broad SMARTS) is 1. The van der Waals surface area contributed by atoms with E-state index in [0.717, 1.165) is 22.5 Å². The normalized spacial score (nSPS) is 11.3. The number of pyridine rings is 1. The zero-order valence-corrected chi connectivity index (χ0v) is 12.4. The van der Waals surface area contributed by atoms with Crippen LogP contribution in [0.1, 0.15) is 62.0 Å². The zero-order chi connectivity index (χ0) is 14.6. The summed E-state index contributed by atoms with van der Waals surface area (Å²) >= 11 is 0. The van der Waals surface area contributed by atoms with Crippen molar-refractivity contribution in [3.63, 3.8) is 0 Å². The van der Waals surface area contributed by atoms with Crippen molar-refractivity contribution in [3.05, 3.63) is 28.6 Å². The SMILES string of the molecule is COCc1cc(C(C)C)c(CC(=O)O)c(C(C)C)n1. The molecule has 1 rings (SSSR count).